The molecule has 126 valence electrons. The number of amidine groups is 1. The van der Waals surface area contributed by atoms with Gasteiger partial charge in [0, 0.05) is 5.69 Å². The Morgan fingerprint density at radius 2 is 2.08 bits per heavy atom. The Bertz CT molecular complexity index is 888. The largest absolute Gasteiger partial charge is 0.467 e. The molecule has 0 unspecified atom stereocenters. The number of hydrogen-bond donors (Lipinski definition) is 1. The zero-order valence-corrected chi connectivity index (χ0v) is 14.2. The van der Waals surface area contributed by atoms with Crippen LogP contribution < -0.4 is 5.32 Å². The van der Waals surface area contributed by atoms with Gasteiger partial charge in [-0.05, 0) is 31.2 Å². The van der Waals surface area contributed by atoms with Crippen LogP contribution >= 0.6 is 11.8 Å². The van der Waals surface area contributed by atoms with Crippen LogP contribution in [0.2, 0.25) is 0 Å². The highest BCUT2D eigenvalue weighted by atomic mass is 32.2. The molecule has 1 N–H and O–H groups in total. The van der Waals surface area contributed by atoms with Crippen LogP contribution in [0.4, 0.5) is 5.69 Å². The van der Waals surface area contributed by atoms with Crippen molar-refractivity contribution in [3.8, 4) is 0 Å². The van der Waals surface area contributed by atoms with Gasteiger partial charge in [-0.3, -0.25) is 14.5 Å². The number of fused-ring (bicyclic) bond motifs is 1. The second-order valence-electron chi connectivity index (χ2n) is 5.68. The van der Waals surface area contributed by atoms with Gasteiger partial charge in [0.1, 0.15) is 11.8 Å². The average molecular weight is 353 g/mol. The van der Waals surface area contributed by atoms with Gasteiger partial charge in [-0.25, -0.2) is 4.99 Å². The van der Waals surface area contributed by atoms with Crippen molar-refractivity contribution in [2.24, 2.45) is 4.99 Å². The normalized spacial score (nSPS) is 19.7. The molecule has 0 spiro atoms. The molecular formula is C18H15N3O3S. The molecule has 0 bridgehead atoms. The van der Waals surface area contributed by atoms with Gasteiger partial charge < -0.3 is 9.73 Å². The van der Waals surface area contributed by atoms with Crippen molar-refractivity contribution in [2.75, 3.05) is 11.1 Å². The Hall–Kier alpha value is -2.80. The Balaban J connectivity index is 1.76. The molecule has 1 atom stereocenters. The lowest BCUT2D eigenvalue weighted by molar-refractivity contribution is -0.125. The van der Waals surface area contributed by atoms with Crippen molar-refractivity contribution in [2.45, 2.75) is 13.0 Å². The summed E-state index contributed by atoms with van der Waals surface area (Å²) < 4.78 is 5.54. The van der Waals surface area contributed by atoms with Crippen molar-refractivity contribution in [1.29, 1.82) is 0 Å². The van der Waals surface area contributed by atoms with E-state index < -0.39 is 6.04 Å². The van der Waals surface area contributed by atoms with Crippen molar-refractivity contribution >= 4 is 34.4 Å². The number of rotatable bonds is 3. The molecule has 4 rings (SSSR count). The second-order valence-corrected chi connectivity index (χ2v) is 6.63. The van der Waals surface area contributed by atoms with E-state index in [0.717, 1.165) is 0 Å². The molecule has 2 amide bonds. The van der Waals surface area contributed by atoms with Crippen LogP contribution in [0, 0.1) is 0 Å². The predicted octanol–water partition coefficient (Wildman–Crippen LogP) is 3.18. The molecule has 1 aromatic carbocycles. The fourth-order valence-electron chi connectivity index (χ4n) is 2.97. The Kier molecular flexibility index (Phi) is 3.93. The summed E-state index contributed by atoms with van der Waals surface area (Å²) in [7, 11) is 0. The first-order chi connectivity index (χ1) is 12.1. The summed E-state index contributed by atoms with van der Waals surface area (Å²) in [5.41, 5.74) is 1.68. The van der Waals surface area contributed by atoms with Crippen molar-refractivity contribution in [3.05, 3.63) is 65.8 Å². The fraction of sp³-hybridized carbons (Fsp3) is 0.167. The Morgan fingerprint density at radius 1 is 1.28 bits per heavy atom. The lowest BCUT2D eigenvalue weighted by Crippen LogP contribution is -2.40. The minimum atomic E-state index is -0.603. The molecule has 2 aliphatic heterocycles. The summed E-state index contributed by atoms with van der Waals surface area (Å²) >= 11 is 1.38. The van der Waals surface area contributed by atoms with Gasteiger partial charge in [0.25, 0.3) is 5.91 Å². The molecule has 2 aromatic rings. The minimum absolute atomic E-state index is 0.0809. The second kappa shape index (κ2) is 6.25. The van der Waals surface area contributed by atoms with Gasteiger partial charge >= 0.3 is 0 Å². The number of thioether (sulfide) groups is 1. The molecule has 0 aliphatic carbocycles. The van der Waals surface area contributed by atoms with Crippen molar-refractivity contribution < 1.29 is 14.0 Å². The zero-order chi connectivity index (χ0) is 17.4. The average Bonchev–Trinajstić information content (AvgIpc) is 3.25. The van der Waals surface area contributed by atoms with Crippen LogP contribution in [0.3, 0.4) is 0 Å². The molecular weight excluding hydrogens is 338 g/mol. The molecule has 6 nitrogen and oxygen atoms in total. The highest BCUT2D eigenvalue weighted by Crippen LogP contribution is 2.41. The molecule has 25 heavy (non-hydrogen) atoms. The molecule has 1 fully saturated rings. The van der Waals surface area contributed by atoms with Crippen LogP contribution in [-0.4, -0.2) is 27.6 Å². The molecule has 1 saturated heterocycles. The summed E-state index contributed by atoms with van der Waals surface area (Å²) in [6.07, 6.45) is 1.54. The standard InChI is InChI=1S/C18H15N3O3S/c1-11-15(17(23)20-12-6-3-2-4-7-12)16(13-8-5-9-24-13)21-14(22)10-25-18(21)19-11/h2-9,16H,10H2,1H3,(H,20,23)/t16-/m0/s1. The molecule has 2 aliphatic rings. The van der Waals surface area contributed by atoms with Gasteiger partial charge in [0.15, 0.2) is 5.17 Å². The Labute approximate surface area is 148 Å². The maximum Gasteiger partial charge on any atom is 0.256 e. The summed E-state index contributed by atoms with van der Waals surface area (Å²) in [5, 5.41) is 3.49. The molecule has 3 heterocycles. The Morgan fingerprint density at radius 3 is 2.80 bits per heavy atom. The summed E-state index contributed by atoms with van der Waals surface area (Å²) in [4.78, 5) is 31.3. The van der Waals surface area contributed by atoms with E-state index in [1.54, 1.807) is 24.0 Å². The first kappa shape index (κ1) is 15.7. The van der Waals surface area contributed by atoms with Crippen LogP contribution in [0.25, 0.3) is 0 Å². The van der Waals surface area contributed by atoms with Gasteiger partial charge in [-0.1, -0.05) is 30.0 Å². The first-order valence-corrected chi connectivity index (χ1v) is 8.78. The highest BCUT2D eigenvalue weighted by molar-refractivity contribution is 8.15. The zero-order valence-electron chi connectivity index (χ0n) is 13.4. The number of hydrogen-bond acceptors (Lipinski definition) is 5. The van der Waals surface area contributed by atoms with E-state index in [9.17, 15) is 9.59 Å². The van der Waals surface area contributed by atoms with E-state index in [0.29, 0.717) is 33.6 Å². The SMILES string of the molecule is CC1=C(C(=O)Nc2ccccc2)[C@H](c2ccco2)N2C(=O)CSC2=N1. The third-order valence-corrected chi connectivity index (χ3v) is 5.01. The first-order valence-electron chi connectivity index (χ1n) is 7.79. The molecule has 0 radical (unpaired) electrons. The molecule has 1 aromatic heterocycles. The van der Waals surface area contributed by atoms with E-state index in [1.165, 1.54) is 18.0 Å². The number of para-hydroxylation sites is 1. The van der Waals surface area contributed by atoms with E-state index in [4.69, 9.17) is 4.42 Å². The number of aliphatic imine (C=N–C) groups is 1. The van der Waals surface area contributed by atoms with E-state index in [-0.39, 0.29) is 11.8 Å². The minimum Gasteiger partial charge on any atom is -0.467 e. The maximum absolute atomic E-state index is 13.0. The summed E-state index contributed by atoms with van der Waals surface area (Å²) in [6, 6.07) is 12.1. The number of nitrogens with one attached hydrogen (secondary N) is 1. The van der Waals surface area contributed by atoms with E-state index in [1.807, 2.05) is 30.3 Å². The third kappa shape index (κ3) is 2.76. The lowest BCUT2D eigenvalue weighted by atomic mass is 9.98. The number of benzene rings is 1. The number of furan rings is 1. The van der Waals surface area contributed by atoms with E-state index in [2.05, 4.69) is 10.3 Å². The number of allylic oxidation sites excluding steroid dienone is 1. The fourth-order valence-corrected chi connectivity index (χ4v) is 3.91. The number of carbonyl (C=O) groups excluding carboxylic acids is 2. The van der Waals surface area contributed by atoms with Gasteiger partial charge in [-0.2, -0.15) is 0 Å². The van der Waals surface area contributed by atoms with Crippen LogP contribution in [0.1, 0.15) is 18.7 Å². The lowest BCUT2D eigenvalue weighted by Gasteiger charge is -2.31. The smallest absolute Gasteiger partial charge is 0.256 e. The quantitative estimate of drug-likeness (QED) is 0.920. The third-order valence-electron chi connectivity index (χ3n) is 4.07. The topological polar surface area (TPSA) is 74.9 Å². The van der Waals surface area contributed by atoms with Crippen molar-refractivity contribution in [3.63, 3.8) is 0 Å². The van der Waals surface area contributed by atoms with Gasteiger partial charge in [0.05, 0.1) is 23.3 Å². The predicted molar refractivity (Wildman–Crippen MR) is 96.0 cm³/mol. The maximum atomic E-state index is 13.0. The van der Waals surface area contributed by atoms with Gasteiger partial charge in [-0.15, -0.1) is 0 Å². The summed E-state index contributed by atoms with van der Waals surface area (Å²) in [6.45, 7) is 1.78. The molecule has 7 heteroatoms. The number of nitrogens with zero attached hydrogens (tertiary/aromatic N) is 2. The van der Waals surface area contributed by atoms with Crippen LogP contribution in [0.5, 0.6) is 0 Å². The number of amides is 2. The summed E-state index contributed by atoms with van der Waals surface area (Å²) in [5.74, 6) is 0.484. The monoisotopic (exact) mass is 353 g/mol. The number of anilines is 1. The van der Waals surface area contributed by atoms with Gasteiger partial charge in [0.2, 0.25) is 5.91 Å². The highest BCUT2D eigenvalue weighted by Gasteiger charge is 2.44. The van der Waals surface area contributed by atoms with Crippen molar-refractivity contribution in [1.82, 2.24) is 4.90 Å². The van der Waals surface area contributed by atoms with Crippen LogP contribution in [0.15, 0.2) is 69.4 Å². The molecule has 0 saturated carbocycles. The number of carbonyl (C=O) groups is 2. The van der Waals surface area contributed by atoms with Crippen LogP contribution in [-0.2, 0) is 9.59 Å². The van der Waals surface area contributed by atoms with E-state index >= 15 is 0 Å².